The van der Waals surface area contributed by atoms with Gasteiger partial charge < -0.3 is 20.3 Å². The highest BCUT2D eigenvalue weighted by Crippen LogP contribution is 2.27. The van der Waals surface area contributed by atoms with Crippen LogP contribution in [-0.4, -0.2) is 58.7 Å². The fraction of sp³-hybridized carbons (Fsp3) is 0.393. The summed E-state index contributed by atoms with van der Waals surface area (Å²) in [5, 5.41) is 5.64. The number of nitrogens with one attached hydrogen (secondary N) is 2. The molecule has 2 heterocycles. The molecule has 1 saturated heterocycles. The van der Waals surface area contributed by atoms with E-state index >= 15 is 0 Å². The van der Waals surface area contributed by atoms with Crippen LogP contribution in [-0.2, 0) is 20.9 Å². The van der Waals surface area contributed by atoms with Crippen molar-refractivity contribution < 1.29 is 23.9 Å². The Bertz CT molecular complexity index is 1260. The molecule has 2 N–H and O–H groups in total. The van der Waals surface area contributed by atoms with Crippen LogP contribution in [0.5, 0.6) is 0 Å². The van der Waals surface area contributed by atoms with Crippen LogP contribution in [0.15, 0.2) is 54.6 Å². The normalized spacial score (nSPS) is 15.9. The summed E-state index contributed by atoms with van der Waals surface area (Å²) in [6.45, 7) is 4.13. The van der Waals surface area contributed by atoms with Gasteiger partial charge in [0.15, 0.2) is 5.01 Å². The molecule has 1 fully saturated rings. The molecule has 38 heavy (non-hydrogen) atoms. The van der Waals surface area contributed by atoms with Crippen molar-refractivity contribution in [1.29, 1.82) is 0 Å². The van der Waals surface area contributed by atoms with Crippen molar-refractivity contribution in [2.24, 2.45) is 5.92 Å². The van der Waals surface area contributed by atoms with Crippen molar-refractivity contribution >= 4 is 45.2 Å². The van der Waals surface area contributed by atoms with E-state index in [1.807, 2.05) is 68.4 Å². The fourth-order valence-corrected chi connectivity index (χ4v) is 5.41. The van der Waals surface area contributed by atoms with Crippen LogP contribution >= 0.6 is 11.3 Å². The molecule has 1 aliphatic rings. The highest BCUT2D eigenvalue weighted by atomic mass is 32.1. The smallest absolute Gasteiger partial charge is 0.408 e. The van der Waals surface area contributed by atoms with Gasteiger partial charge in [-0.1, -0.05) is 56.3 Å². The maximum atomic E-state index is 13.2. The maximum Gasteiger partial charge on any atom is 0.408 e. The molecule has 2 aromatic carbocycles. The lowest BCUT2D eigenvalue weighted by Crippen LogP contribution is -2.51. The molecule has 0 bridgehead atoms. The minimum absolute atomic E-state index is 0.0835. The third-order valence-corrected chi connectivity index (χ3v) is 7.37. The second kappa shape index (κ2) is 12.6. The van der Waals surface area contributed by atoms with Crippen molar-refractivity contribution in [3.05, 3.63) is 65.2 Å². The molecule has 3 amide bonds. The van der Waals surface area contributed by atoms with Crippen molar-refractivity contribution in [3.8, 4) is 0 Å². The molecular weight excluding hydrogens is 504 g/mol. The first-order valence-corrected chi connectivity index (χ1v) is 13.6. The van der Waals surface area contributed by atoms with Crippen LogP contribution in [0.2, 0.25) is 0 Å². The van der Waals surface area contributed by atoms with Crippen molar-refractivity contribution in [1.82, 2.24) is 20.5 Å². The van der Waals surface area contributed by atoms with E-state index in [1.54, 1.807) is 0 Å². The molecule has 3 aromatic rings. The van der Waals surface area contributed by atoms with Crippen molar-refractivity contribution in [3.63, 3.8) is 0 Å². The number of likely N-dealkylation sites (tertiary alicyclic amines) is 1. The Labute approximate surface area is 225 Å². The van der Waals surface area contributed by atoms with Gasteiger partial charge in [0.2, 0.25) is 17.6 Å². The third-order valence-electron chi connectivity index (χ3n) is 6.32. The van der Waals surface area contributed by atoms with Crippen LogP contribution in [0.25, 0.3) is 10.2 Å². The Morgan fingerprint density at radius 3 is 2.55 bits per heavy atom. The zero-order valence-corrected chi connectivity index (χ0v) is 22.3. The van der Waals surface area contributed by atoms with Crippen molar-refractivity contribution in [2.75, 3.05) is 13.1 Å². The van der Waals surface area contributed by atoms with E-state index in [0.717, 1.165) is 15.8 Å². The molecule has 9 nitrogen and oxygen atoms in total. The number of hydrogen-bond donors (Lipinski definition) is 2. The Morgan fingerprint density at radius 2 is 1.82 bits per heavy atom. The van der Waals surface area contributed by atoms with Gasteiger partial charge in [0.05, 0.1) is 22.8 Å². The second-order valence-corrected chi connectivity index (χ2v) is 10.7. The molecule has 200 valence electrons. The van der Waals surface area contributed by atoms with Crippen LogP contribution < -0.4 is 10.6 Å². The molecular formula is C28H32N4O5S. The molecule has 0 saturated carbocycles. The monoisotopic (exact) mass is 536 g/mol. The number of benzene rings is 2. The molecule has 4 rings (SSSR count). The highest BCUT2D eigenvalue weighted by Gasteiger charge is 2.36. The zero-order chi connectivity index (χ0) is 27.1. The molecule has 2 atom stereocenters. The number of amides is 3. The molecule has 10 heteroatoms. The standard InChI is InChI=1S/C28H32N4O5S/c1-18(2)15-21(31-28(36)37-17-19-9-4-3-5-10-19)26(35)29-16-24(33)32-14-8-12-22(32)25(34)27-30-20-11-6-7-13-23(20)38-27/h3-7,9-11,13,18,21-22H,8,12,14-17H2,1-2H3,(H,29,35)(H,31,36)/t21-,22-/m0/s1. The number of carbonyl (C=O) groups excluding carboxylic acids is 4. The highest BCUT2D eigenvalue weighted by molar-refractivity contribution is 7.20. The summed E-state index contributed by atoms with van der Waals surface area (Å²) in [7, 11) is 0. The number of aromatic nitrogens is 1. The van der Waals surface area contributed by atoms with Gasteiger partial charge in [-0.25, -0.2) is 9.78 Å². The first kappa shape index (κ1) is 27.3. The average Bonchev–Trinajstić information content (AvgIpc) is 3.57. The summed E-state index contributed by atoms with van der Waals surface area (Å²) in [6, 6.07) is 15.3. The molecule has 1 aliphatic heterocycles. The van der Waals surface area contributed by atoms with Gasteiger partial charge in [-0.3, -0.25) is 14.4 Å². The van der Waals surface area contributed by atoms with Gasteiger partial charge >= 0.3 is 6.09 Å². The molecule has 0 unspecified atom stereocenters. The van der Waals surface area contributed by atoms with Gasteiger partial charge in [-0.05, 0) is 42.9 Å². The number of para-hydroxylation sites is 1. The number of ether oxygens (including phenoxy) is 1. The largest absolute Gasteiger partial charge is 0.445 e. The number of alkyl carbamates (subject to hydrolysis) is 1. The third kappa shape index (κ3) is 6.95. The van der Waals surface area contributed by atoms with Crippen LogP contribution in [0.3, 0.4) is 0 Å². The number of hydrogen-bond acceptors (Lipinski definition) is 7. The average molecular weight is 537 g/mol. The summed E-state index contributed by atoms with van der Waals surface area (Å²) in [5.41, 5.74) is 1.59. The Hall–Kier alpha value is -3.79. The number of Topliss-reactive ketones (excluding diaryl/α,β-unsaturated/α-hetero) is 1. The molecule has 0 spiro atoms. The van der Waals surface area contributed by atoms with E-state index in [1.165, 1.54) is 16.2 Å². The van der Waals surface area contributed by atoms with E-state index < -0.39 is 24.1 Å². The number of nitrogens with zero attached hydrogens (tertiary/aromatic N) is 2. The first-order valence-electron chi connectivity index (χ1n) is 12.8. The van der Waals surface area contributed by atoms with E-state index in [-0.39, 0.29) is 30.8 Å². The topological polar surface area (TPSA) is 118 Å². The summed E-state index contributed by atoms with van der Waals surface area (Å²) in [4.78, 5) is 57.4. The van der Waals surface area contributed by atoms with Gasteiger partial charge in [-0.2, -0.15) is 0 Å². The number of thiazole rings is 1. The number of ketones is 1. The Balaban J connectivity index is 1.32. The zero-order valence-electron chi connectivity index (χ0n) is 21.5. The quantitative estimate of drug-likeness (QED) is 0.379. The minimum Gasteiger partial charge on any atom is -0.445 e. The lowest BCUT2D eigenvalue weighted by Gasteiger charge is -2.24. The Morgan fingerprint density at radius 1 is 1.08 bits per heavy atom. The Kier molecular flexibility index (Phi) is 9.06. The SMILES string of the molecule is CC(C)C[C@H](NC(=O)OCc1ccccc1)C(=O)NCC(=O)N1CCC[C@H]1C(=O)c1nc2ccccc2s1. The van der Waals surface area contributed by atoms with Gasteiger partial charge in [0.25, 0.3) is 0 Å². The number of fused-ring (bicyclic) bond motifs is 1. The molecule has 0 radical (unpaired) electrons. The lowest BCUT2D eigenvalue weighted by molar-refractivity contribution is -0.133. The number of carbonyl (C=O) groups is 4. The van der Waals surface area contributed by atoms with Gasteiger partial charge in [0, 0.05) is 6.54 Å². The lowest BCUT2D eigenvalue weighted by atomic mass is 10.0. The summed E-state index contributed by atoms with van der Waals surface area (Å²) < 4.78 is 6.18. The first-order chi connectivity index (χ1) is 18.3. The molecule has 0 aliphatic carbocycles. The fourth-order valence-electron chi connectivity index (χ4n) is 4.46. The van der Waals surface area contributed by atoms with Crippen LogP contribution in [0.1, 0.15) is 48.5 Å². The number of rotatable bonds is 10. The molecule has 1 aromatic heterocycles. The second-order valence-electron chi connectivity index (χ2n) is 9.70. The minimum atomic E-state index is -0.857. The van der Waals surface area contributed by atoms with E-state index in [4.69, 9.17) is 4.74 Å². The van der Waals surface area contributed by atoms with E-state index in [2.05, 4.69) is 15.6 Å². The van der Waals surface area contributed by atoms with Gasteiger partial charge in [-0.15, -0.1) is 11.3 Å². The van der Waals surface area contributed by atoms with Crippen LogP contribution in [0.4, 0.5) is 4.79 Å². The predicted octanol–water partition coefficient (Wildman–Crippen LogP) is 3.93. The van der Waals surface area contributed by atoms with Gasteiger partial charge in [0.1, 0.15) is 12.6 Å². The summed E-state index contributed by atoms with van der Waals surface area (Å²) in [5.74, 6) is -0.878. The van der Waals surface area contributed by atoms with Crippen LogP contribution in [0, 0.1) is 5.92 Å². The maximum absolute atomic E-state index is 13.2. The van der Waals surface area contributed by atoms with E-state index in [0.29, 0.717) is 30.8 Å². The van der Waals surface area contributed by atoms with E-state index in [9.17, 15) is 19.2 Å². The predicted molar refractivity (Wildman–Crippen MR) is 145 cm³/mol. The summed E-state index contributed by atoms with van der Waals surface area (Å²) >= 11 is 1.32. The summed E-state index contributed by atoms with van der Waals surface area (Å²) in [6.07, 6.45) is 0.926. The van der Waals surface area contributed by atoms with Crippen molar-refractivity contribution in [2.45, 2.75) is 51.8 Å².